The van der Waals surface area contributed by atoms with E-state index in [1.165, 1.54) is 6.26 Å². The predicted molar refractivity (Wildman–Crippen MR) is 90.4 cm³/mol. The zero-order chi connectivity index (χ0) is 17.0. The quantitative estimate of drug-likeness (QED) is 0.727. The molecule has 1 aromatic carbocycles. The van der Waals surface area contributed by atoms with Crippen molar-refractivity contribution < 1.29 is 17.9 Å². The van der Waals surface area contributed by atoms with Crippen LogP contribution >= 0.6 is 0 Å². The summed E-state index contributed by atoms with van der Waals surface area (Å²) in [4.78, 5) is 14.2. The second-order valence-electron chi connectivity index (χ2n) is 6.22. The lowest BCUT2D eigenvalue weighted by molar-refractivity contribution is -0.135. The third kappa shape index (κ3) is 5.23. The zero-order valence-corrected chi connectivity index (χ0v) is 14.8. The average Bonchev–Trinajstić information content (AvgIpc) is 3.28. The van der Waals surface area contributed by atoms with Gasteiger partial charge in [-0.2, -0.15) is 0 Å². The Balaban J connectivity index is 2.01. The van der Waals surface area contributed by atoms with Crippen molar-refractivity contribution in [2.75, 3.05) is 18.6 Å². The van der Waals surface area contributed by atoms with Gasteiger partial charge in [0.1, 0.15) is 15.6 Å². The summed E-state index contributed by atoms with van der Waals surface area (Å²) in [6.45, 7) is 3.77. The van der Waals surface area contributed by atoms with Crippen molar-refractivity contribution in [1.29, 1.82) is 0 Å². The van der Waals surface area contributed by atoms with Crippen LogP contribution in [0.15, 0.2) is 24.3 Å². The number of hydrogen-bond acceptors (Lipinski definition) is 4. The van der Waals surface area contributed by atoms with Gasteiger partial charge >= 0.3 is 0 Å². The first-order valence-corrected chi connectivity index (χ1v) is 10.1. The number of carbonyl (C=O) groups excluding carboxylic acids is 1. The SMILES string of the molecule is CCc1ccccc1OCC(=O)N(C(C)CS(C)(=O)=O)C1CC1. The molecule has 1 fully saturated rings. The highest BCUT2D eigenvalue weighted by Gasteiger charge is 2.36. The lowest BCUT2D eigenvalue weighted by Crippen LogP contribution is -2.45. The smallest absolute Gasteiger partial charge is 0.261 e. The molecular formula is C17H25NO4S. The van der Waals surface area contributed by atoms with Crippen LogP contribution in [0.4, 0.5) is 0 Å². The van der Waals surface area contributed by atoms with Gasteiger partial charge < -0.3 is 9.64 Å². The maximum Gasteiger partial charge on any atom is 0.261 e. The van der Waals surface area contributed by atoms with Gasteiger partial charge in [-0.25, -0.2) is 8.42 Å². The number of ether oxygens (including phenoxy) is 1. The first-order valence-electron chi connectivity index (χ1n) is 8.01. The van der Waals surface area contributed by atoms with Gasteiger partial charge in [0.2, 0.25) is 0 Å². The third-order valence-electron chi connectivity index (χ3n) is 3.95. The summed E-state index contributed by atoms with van der Waals surface area (Å²) < 4.78 is 28.7. The van der Waals surface area contributed by atoms with Gasteiger partial charge in [-0.05, 0) is 37.8 Å². The molecule has 0 radical (unpaired) electrons. The zero-order valence-electron chi connectivity index (χ0n) is 14.0. The largest absolute Gasteiger partial charge is 0.483 e. The molecule has 0 spiro atoms. The van der Waals surface area contributed by atoms with Crippen molar-refractivity contribution in [1.82, 2.24) is 4.90 Å². The van der Waals surface area contributed by atoms with Crippen molar-refractivity contribution in [3.05, 3.63) is 29.8 Å². The molecule has 1 unspecified atom stereocenters. The molecule has 1 saturated carbocycles. The van der Waals surface area contributed by atoms with Crippen LogP contribution in [0.25, 0.3) is 0 Å². The Hall–Kier alpha value is -1.56. The lowest BCUT2D eigenvalue weighted by atomic mass is 10.1. The maximum absolute atomic E-state index is 12.5. The molecule has 1 amide bonds. The van der Waals surface area contributed by atoms with Gasteiger partial charge in [-0.15, -0.1) is 0 Å². The van der Waals surface area contributed by atoms with E-state index in [0.29, 0.717) is 0 Å². The highest BCUT2D eigenvalue weighted by atomic mass is 32.2. The number of hydrogen-bond donors (Lipinski definition) is 0. The molecule has 2 rings (SSSR count). The Morgan fingerprint density at radius 1 is 1.35 bits per heavy atom. The van der Waals surface area contributed by atoms with Crippen molar-refractivity contribution in [2.24, 2.45) is 0 Å². The van der Waals surface area contributed by atoms with Crippen LogP contribution in [0.2, 0.25) is 0 Å². The summed E-state index contributed by atoms with van der Waals surface area (Å²) in [5, 5.41) is 0. The van der Waals surface area contributed by atoms with Gasteiger partial charge in [0.25, 0.3) is 5.91 Å². The fourth-order valence-corrected chi connectivity index (χ4v) is 3.87. The highest BCUT2D eigenvalue weighted by Crippen LogP contribution is 2.29. The minimum Gasteiger partial charge on any atom is -0.483 e. The Morgan fingerprint density at radius 3 is 2.57 bits per heavy atom. The topological polar surface area (TPSA) is 63.7 Å². The number of carbonyl (C=O) groups is 1. The van der Waals surface area contributed by atoms with Gasteiger partial charge in [0.15, 0.2) is 6.61 Å². The van der Waals surface area contributed by atoms with Crippen LogP contribution in [-0.2, 0) is 21.1 Å². The molecule has 0 aromatic heterocycles. The van der Waals surface area contributed by atoms with E-state index in [-0.39, 0.29) is 30.4 Å². The molecule has 1 aromatic rings. The number of nitrogens with zero attached hydrogens (tertiary/aromatic N) is 1. The number of amides is 1. The Morgan fingerprint density at radius 2 is 2.00 bits per heavy atom. The molecule has 0 bridgehead atoms. The maximum atomic E-state index is 12.5. The van der Waals surface area contributed by atoms with Crippen LogP contribution < -0.4 is 4.74 Å². The average molecular weight is 339 g/mol. The first kappa shape index (κ1) is 17.8. The second kappa shape index (κ2) is 7.34. The van der Waals surface area contributed by atoms with Crippen LogP contribution in [0.5, 0.6) is 5.75 Å². The Kier molecular flexibility index (Phi) is 5.68. The van der Waals surface area contributed by atoms with E-state index in [9.17, 15) is 13.2 Å². The van der Waals surface area contributed by atoms with E-state index < -0.39 is 9.84 Å². The van der Waals surface area contributed by atoms with Crippen LogP contribution in [-0.4, -0.2) is 49.9 Å². The predicted octanol–water partition coefficient (Wildman–Crippen LogP) is 2.05. The molecule has 0 heterocycles. The fourth-order valence-electron chi connectivity index (χ4n) is 2.83. The van der Waals surface area contributed by atoms with Crippen molar-refractivity contribution in [3.63, 3.8) is 0 Å². The summed E-state index contributed by atoms with van der Waals surface area (Å²) in [5.74, 6) is 0.560. The van der Waals surface area contributed by atoms with Gasteiger partial charge in [-0.3, -0.25) is 4.79 Å². The van der Waals surface area contributed by atoms with Crippen LogP contribution in [0.3, 0.4) is 0 Å². The van der Waals surface area contributed by atoms with E-state index in [1.807, 2.05) is 31.2 Å². The molecule has 128 valence electrons. The summed E-state index contributed by atoms with van der Waals surface area (Å²) >= 11 is 0. The number of aryl methyl sites for hydroxylation is 1. The summed E-state index contributed by atoms with van der Waals surface area (Å²) in [6, 6.07) is 7.49. The lowest BCUT2D eigenvalue weighted by Gasteiger charge is -2.29. The molecule has 0 saturated heterocycles. The molecule has 0 N–H and O–H groups in total. The fraction of sp³-hybridized carbons (Fsp3) is 0.588. The van der Waals surface area contributed by atoms with Gasteiger partial charge in [0, 0.05) is 18.3 Å². The van der Waals surface area contributed by atoms with E-state index in [4.69, 9.17) is 4.74 Å². The van der Waals surface area contributed by atoms with Gasteiger partial charge in [0.05, 0.1) is 5.75 Å². The molecule has 1 atom stereocenters. The molecule has 0 aliphatic heterocycles. The summed E-state index contributed by atoms with van der Waals surface area (Å²) in [7, 11) is -3.12. The number of rotatable bonds is 8. The minimum atomic E-state index is -3.12. The normalized spacial score (nSPS) is 16.0. The van der Waals surface area contributed by atoms with E-state index in [1.54, 1.807) is 11.8 Å². The minimum absolute atomic E-state index is 0.0131. The molecule has 1 aliphatic carbocycles. The third-order valence-corrected chi connectivity index (χ3v) is 5.04. The van der Waals surface area contributed by atoms with Crippen LogP contribution in [0.1, 0.15) is 32.3 Å². The Bertz CT molecular complexity index is 652. The number of para-hydroxylation sites is 1. The van der Waals surface area contributed by atoms with E-state index in [2.05, 4.69) is 0 Å². The van der Waals surface area contributed by atoms with Crippen molar-refractivity contribution in [2.45, 2.75) is 45.2 Å². The van der Waals surface area contributed by atoms with E-state index in [0.717, 1.165) is 30.6 Å². The molecule has 6 heteroatoms. The number of sulfone groups is 1. The summed E-state index contributed by atoms with van der Waals surface area (Å²) in [5.41, 5.74) is 1.06. The van der Waals surface area contributed by atoms with Crippen molar-refractivity contribution in [3.8, 4) is 5.75 Å². The molecule has 23 heavy (non-hydrogen) atoms. The van der Waals surface area contributed by atoms with E-state index >= 15 is 0 Å². The monoisotopic (exact) mass is 339 g/mol. The highest BCUT2D eigenvalue weighted by molar-refractivity contribution is 7.90. The summed E-state index contributed by atoms with van der Waals surface area (Å²) in [6.07, 6.45) is 3.91. The van der Waals surface area contributed by atoms with Crippen LogP contribution in [0, 0.1) is 0 Å². The van der Waals surface area contributed by atoms with Gasteiger partial charge in [-0.1, -0.05) is 25.1 Å². The van der Waals surface area contributed by atoms with Crippen molar-refractivity contribution >= 4 is 15.7 Å². The molecular weight excluding hydrogens is 314 g/mol. The number of benzene rings is 1. The second-order valence-corrected chi connectivity index (χ2v) is 8.41. The first-order chi connectivity index (χ1) is 10.8. The Labute approximate surface area is 138 Å². The standard InChI is InChI=1S/C17H25NO4S/c1-4-14-7-5-6-8-16(14)22-11-17(19)18(15-9-10-15)13(2)12-23(3,20)21/h5-8,13,15H,4,9-12H2,1-3H3. The molecule has 5 nitrogen and oxygen atoms in total. The molecule has 1 aliphatic rings.